The second kappa shape index (κ2) is 7.04. The van der Waals surface area contributed by atoms with Gasteiger partial charge in [-0.15, -0.1) is 0 Å². The number of hydrogen-bond donors (Lipinski definition) is 0. The molecule has 3 aliphatic carbocycles. The molecule has 0 spiro atoms. The molecule has 0 N–H and O–H groups in total. The van der Waals surface area contributed by atoms with E-state index in [2.05, 4.69) is 32.6 Å². The molecule has 0 amide bonds. The summed E-state index contributed by atoms with van der Waals surface area (Å²) >= 11 is 0. The lowest BCUT2D eigenvalue weighted by Gasteiger charge is -2.55. The van der Waals surface area contributed by atoms with Crippen molar-refractivity contribution in [3.8, 4) is 0 Å². The van der Waals surface area contributed by atoms with Crippen molar-refractivity contribution >= 4 is 0 Å². The molecule has 4 fully saturated rings. The second-order valence-corrected chi connectivity index (χ2v) is 9.75. The first-order valence-electron chi connectivity index (χ1n) is 10.3. The van der Waals surface area contributed by atoms with Gasteiger partial charge < -0.3 is 9.64 Å². The van der Waals surface area contributed by atoms with Crippen LogP contribution >= 0.6 is 0 Å². The Morgan fingerprint density at radius 2 is 1.48 bits per heavy atom. The molecule has 0 aromatic heterocycles. The molecule has 2 bridgehead atoms. The highest BCUT2D eigenvalue weighted by atomic mass is 16.5. The van der Waals surface area contributed by atoms with E-state index in [0.29, 0.717) is 11.3 Å². The third-order valence-corrected chi connectivity index (χ3v) is 7.19. The van der Waals surface area contributed by atoms with Crippen LogP contribution in [0.15, 0.2) is 0 Å². The summed E-state index contributed by atoms with van der Waals surface area (Å²) in [6.07, 6.45) is 11.1. The van der Waals surface area contributed by atoms with Gasteiger partial charge in [-0.3, -0.25) is 0 Å². The molecule has 0 aromatic rings. The van der Waals surface area contributed by atoms with Crippen LogP contribution in [0, 0.1) is 23.2 Å². The van der Waals surface area contributed by atoms with E-state index < -0.39 is 0 Å². The molecule has 4 aliphatic rings. The molecule has 2 heteroatoms. The highest BCUT2D eigenvalue weighted by molar-refractivity contribution is 5.02. The number of ether oxygens (including phenoxy) is 1. The maximum Gasteiger partial charge on any atom is 0.0683 e. The Morgan fingerprint density at radius 1 is 0.913 bits per heavy atom. The molecule has 134 valence electrons. The van der Waals surface area contributed by atoms with Crippen LogP contribution in [-0.2, 0) is 4.74 Å². The third-order valence-electron chi connectivity index (χ3n) is 7.19. The highest BCUT2D eigenvalue weighted by Crippen LogP contribution is 2.54. The molecule has 1 heterocycles. The lowest BCUT2D eigenvalue weighted by Crippen LogP contribution is -2.53. The second-order valence-electron chi connectivity index (χ2n) is 9.75. The maximum absolute atomic E-state index is 6.38. The van der Waals surface area contributed by atoms with Gasteiger partial charge in [0, 0.05) is 13.2 Å². The number of likely N-dealkylation sites (tertiary alicyclic amines) is 1. The van der Waals surface area contributed by atoms with Crippen LogP contribution in [0.1, 0.15) is 79.1 Å². The van der Waals surface area contributed by atoms with Gasteiger partial charge >= 0.3 is 0 Å². The van der Waals surface area contributed by atoms with Gasteiger partial charge in [-0.25, -0.2) is 0 Å². The molecule has 0 aromatic carbocycles. The summed E-state index contributed by atoms with van der Waals surface area (Å²) in [5, 5.41) is 0. The number of nitrogens with zero attached hydrogens (tertiary/aromatic N) is 1. The molecule has 2 nitrogen and oxygen atoms in total. The highest BCUT2D eigenvalue weighted by Gasteiger charge is 2.49. The Morgan fingerprint density at radius 3 is 1.96 bits per heavy atom. The van der Waals surface area contributed by atoms with Crippen molar-refractivity contribution in [1.82, 2.24) is 4.90 Å². The zero-order valence-electron chi connectivity index (χ0n) is 16.1. The predicted octanol–water partition coefficient (Wildman–Crippen LogP) is 5.12. The molecule has 1 saturated heterocycles. The number of piperidine rings is 1. The van der Waals surface area contributed by atoms with E-state index in [4.69, 9.17) is 4.74 Å². The first-order chi connectivity index (χ1) is 10.9. The Hall–Kier alpha value is -0.0800. The predicted molar refractivity (Wildman–Crippen MR) is 97.7 cm³/mol. The lowest BCUT2D eigenvalue weighted by molar-refractivity contribution is -0.147. The molecular weight excluding hydrogens is 282 g/mol. The van der Waals surface area contributed by atoms with Crippen molar-refractivity contribution in [3.05, 3.63) is 0 Å². The summed E-state index contributed by atoms with van der Waals surface area (Å²) in [5.41, 5.74) is 0.893. The smallest absolute Gasteiger partial charge is 0.0683 e. The number of fused-ring (bicyclic) bond motifs is 3. The number of hydrogen-bond acceptors (Lipinski definition) is 2. The van der Waals surface area contributed by atoms with Gasteiger partial charge in [-0.05, 0) is 87.6 Å². The average molecular weight is 322 g/mol. The van der Waals surface area contributed by atoms with Crippen molar-refractivity contribution in [3.63, 3.8) is 0 Å². The van der Waals surface area contributed by atoms with Gasteiger partial charge in [0.05, 0.1) is 5.60 Å². The fraction of sp³-hybridized carbons (Fsp3) is 1.00. The fourth-order valence-corrected chi connectivity index (χ4v) is 5.28. The standard InChI is InChI=1S/C21H39NO/c1-17(2)15-23-21-10-7-20(8-11-21,9-12-21)16-22-13-5-19(6-14-22)18(3)4/h17-19H,5-16H2,1-4H3. The van der Waals surface area contributed by atoms with Gasteiger partial charge in [-0.1, -0.05) is 27.7 Å². The third kappa shape index (κ3) is 4.12. The molecule has 4 rings (SSSR count). The van der Waals surface area contributed by atoms with Crippen LogP contribution in [-0.4, -0.2) is 36.7 Å². The molecule has 23 heavy (non-hydrogen) atoms. The van der Waals surface area contributed by atoms with E-state index >= 15 is 0 Å². The first kappa shape index (κ1) is 17.7. The van der Waals surface area contributed by atoms with E-state index in [1.54, 1.807) is 0 Å². The summed E-state index contributed by atoms with van der Waals surface area (Å²) in [4.78, 5) is 2.80. The summed E-state index contributed by atoms with van der Waals surface area (Å²) in [5.74, 6) is 2.51. The van der Waals surface area contributed by atoms with Gasteiger partial charge in [-0.2, -0.15) is 0 Å². The van der Waals surface area contributed by atoms with Crippen LogP contribution in [0.5, 0.6) is 0 Å². The molecule has 0 radical (unpaired) electrons. The molecular formula is C21H39NO. The molecule has 3 saturated carbocycles. The van der Waals surface area contributed by atoms with Gasteiger partial charge in [0.2, 0.25) is 0 Å². The summed E-state index contributed by atoms with van der Waals surface area (Å²) in [6.45, 7) is 14.4. The van der Waals surface area contributed by atoms with Crippen LogP contribution in [0.25, 0.3) is 0 Å². The lowest BCUT2D eigenvalue weighted by atomic mass is 9.58. The van der Waals surface area contributed by atoms with Crippen molar-refractivity contribution in [1.29, 1.82) is 0 Å². The Bertz CT molecular complexity index is 357. The minimum absolute atomic E-state index is 0.261. The van der Waals surface area contributed by atoms with Crippen molar-refractivity contribution in [2.75, 3.05) is 26.2 Å². The van der Waals surface area contributed by atoms with Gasteiger partial charge in [0.1, 0.15) is 0 Å². The minimum Gasteiger partial charge on any atom is -0.375 e. The zero-order valence-corrected chi connectivity index (χ0v) is 16.1. The van der Waals surface area contributed by atoms with Crippen LogP contribution < -0.4 is 0 Å². The Labute approximate surface area is 144 Å². The van der Waals surface area contributed by atoms with E-state index in [9.17, 15) is 0 Å². The van der Waals surface area contributed by atoms with Crippen molar-refractivity contribution in [2.24, 2.45) is 23.2 Å². The summed E-state index contributed by atoms with van der Waals surface area (Å²) in [7, 11) is 0. The fourth-order valence-electron chi connectivity index (χ4n) is 5.28. The Balaban J connectivity index is 1.48. The SMILES string of the molecule is CC(C)COC12CCC(CN3CCC(C(C)C)CC3)(CC1)CC2. The number of rotatable bonds is 6. The van der Waals surface area contributed by atoms with Crippen LogP contribution in [0.2, 0.25) is 0 Å². The topological polar surface area (TPSA) is 12.5 Å². The summed E-state index contributed by atoms with van der Waals surface area (Å²) in [6, 6.07) is 0. The zero-order chi connectivity index (χ0) is 16.5. The van der Waals surface area contributed by atoms with Crippen molar-refractivity contribution in [2.45, 2.75) is 84.7 Å². The largest absolute Gasteiger partial charge is 0.375 e. The molecule has 1 aliphatic heterocycles. The monoisotopic (exact) mass is 321 g/mol. The van der Waals surface area contributed by atoms with E-state index in [1.807, 2.05) is 0 Å². The molecule has 0 atom stereocenters. The minimum atomic E-state index is 0.261. The first-order valence-corrected chi connectivity index (χ1v) is 10.3. The Kier molecular flexibility index (Phi) is 5.43. The van der Waals surface area contributed by atoms with Gasteiger partial charge in [0.25, 0.3) is 0 Å². The maximum atomic E-state index is 6.38. The van der Waals surface area contributed by atoms with Crippen molar-refractivity contribution < 1.29 is 4.74 Å². The van der Waals surface area contributed by atoms with Crippen LogP contribution in [0.3, 0.4) is 0 Å². The normalized spacial score (nSPS) is 36.3. The summed E-state index contributed by atoms with van der Waals surface area (Å²) < 4.78 is 6.38. The molecule has 0 unspecified atom stereocenters. The van der Waals surface area contributed by atoms with E-state index in [0.717, 1.165) is 18.4 Å². The van der Waals surface area contributed by atoms with E-state index in [-0.39, 0.29) is 5.60 Å². The van der Waals surface area contributed by atoms with Crippen LogP contribution in [0.4, 0.5) is 0 Å². The van der Waals surface area contributed by atoms with E-state index in [1.165, 1.54) is 71.0 Å². The van der Waals surface area contributed by atoms with Gasteiger partial charge in [0.15, 0.2) is 0 Å². The quantitative estimate of drug-likeness (QED) is 0.673. The average Bonchev–Trinajstić information content (AvgIpc) is 2.55.